The Balaban J connectivity index is 1.46. The zero-order valence-electron chi connectivity index (χ0n) is 18.6. The molecule has 6 N–H and O–H groups in total. The largest absolute Gasteiger partial charge is 0.394 e. The van der Waals surface area contributed by atoms with Crippen LogP contribution in [0, 0.1) is 0 Å². The summed E-state index contributed by atoms with van der Waals surface area (Å²) >= 11 is 6.10. The van der Waals surface area contributed by atoms with Gasteiger partial charge in [0.15, 0.2) is 23.2 Å². The predicted molar refractivity (Wildman–Crippen MR) is 131 cm³/mol. The van der Waals surface area contributed by atoms with Gasteiger partial charge in [0.05, 0.1) is 12.9 Å². The third-order valence-electron chi connectivity index (χ3n) is 6.18. The molecule has 0 saturated carbocycles. The number of aromatic nitrogens is 4. The fourth-order valence-electron chi connectivity index (χ4n) is 4.36. The van der Waals surface area contributed by atoms with E-state index in [1.807, 2.05) is 42.5 Å². The van der Waals surface area contributed by atoms with Gasteiger partial charge in [-0.05, 0) is 23.3 Å². The Morgan fingerprint density at radius 3 is 2.43 bits per heavy atom. The molecule has 182 valence electrons. The summed E-state index contributed by atoms with van der Waals surface area (Å²) in [6.07, 6.45) is -2.98. The molecule has 0 amide bonds. The van der Waals surface area contributed by atoms with Gasteiger partial charge >= 0.3 is 0 Å². The van der Waals surface area contributed by atoms with Crippen molar-refractivity contribution >= 4 is 34.5 Å². The van der Waals surface area contributed by atoms with Crippen LogP contribution >= 0.6 is 11.6 Å². The molecule has 0 aliphatic carbocycles. The topological polar surface area (TPSA) is 152 Å². The number of anilines is 2. The lowest BCUT2D eigenvalue weighted by atomic mass is 9.91. The number of ether oxygens (including phenoxy) is 1. The summed E-state index contributed by atoms with van der Waals surface area (Å²) < 4.78 is 7.11. The minimum absolute atomic E-state index is 0.0104. The molecule has 5 rings (SSSR count). The lowest BCUT2D eigenvalue weighted by Gasteiger charge is -2.20. The lowest BCUT2D eigenvalue weighted by Crippen LogP contribution is -2.33. The number of nitrogen functional groups attached to an aromatic ring is 1. The van der Waals surface area contributed by atoms with Gasteiger partial charge in [0.1, 0.15) is 18.3 Å². The summed E-state index contributed by atoms with van der Waals surface area (Å²) in [5.41, 5.74) is 8.94. The maximum atomic E-state index is 10.4. The highest BCUT2D eigenvalue weighted by atomic mass is 35.5. The molecule has 2 aromatic heterocycles. The van der Waals surface area contributed by atoms with E-state index in [4.69, 9.17) is 22.1 Å². The first-order chi connectivity index (χ1) is 17.0. The van der Waals surface area contributed by atoms with E-state index in [9.17, 15) is 15.3 Å². The molecule has 5 atom stereocenters. The zero-order valence-corrected chi connectivity index (χ0v) is 19.3. The van der Waals surface area contributed by atoms with Gasteiger partial charge in [0, 0.05) is 17.5 Å². The maximum absolute atomic E-state index is 10.4. The molecule has 0 spiro atoms. The quantitative estimate of drug-likeness (QED) is 0.258. The molecule has 3 unspecified atom stereocenters. The van der Waals surface area contributed by atoms with Gasteiger partial charge in [-0.3, -0.25) is 4.57 Å². The number of fused-ring (bicyclic) bond motifs is 1. The van der Waals surface area contributed by atoms with Gasteiger partial charge in [-0.25, -0.2) is 4.98 Å². The lowest BCUT2D eigenvalue weighted by molar-refractivity contribution is -0.0511. The van der Waals surface area contributed by atoms with E-state index < -0.39 is 31.1 Å². The number of rotatable bonds is 7. The van der Waals surface area contributed by atoms with Crippen molar-refractivity contribution in [3.05, 3.63) is 77.1 Å². The first kappa shape index (κ1) is 23.5. The molecule has 11 heteroatoms. The number of halogens is 1. The molecular weight excluding hydrogens is 472 g/mol. The van der Waals surface area contributed by atoms with Crippen LogP contribution in [0.1, 0.15) is 23.3 Å². The number of aliphatic hydroxyl groups excluding tert-OH is 3. The van der Waals surface area contributed by atoms with E-state index >= 15 is 0 Å². The Hall–Kier alpha value is -3.28. The van der Waals surface area contributed by atoms with Gasteiger partial charge in [0.25, 0.3) is 0 Å². The first-order valence-corrected chi connectivity index (χ1v) is 11.5. The SMILES string of the molecule is Nc1nc(NCC(c2ccccc2)c2ccc(Cl)cc2)c2ncn([C@@H]3O[C@H](CO)C(O)C3O)c2n1. The molecule has 0 bridgehead atoms. The number of nitrogens with one attached hydrogen (secondary N) is 1. The molecule has 1 aliphatic heterocycles. The number of nitrogens with zero attached hydrogens (tertiary/aromatic N) is 4. The van der Waals surface area contributed by atoms with Crippen molar-refractivity contribution in [2.45, 2.75) is 30.5 Å². The number of benzene rings is 2. The molecule has 4 aromatic rings. The van der Waals surface area contributed by atoms with Crippen LogP contribution in [0.15, 0.2) is 60.9 Å². The monoisotopic (exact) mass is 496 g/mol. The van der Waals surface area contributed by atoms with E-state index in [2.05, 4.69) is 32.4 Å². The van der Waals surface area contributed by atoms with Crippen molar-refractivity contribution < 1.29 is 20.1 Å². The number of aliphatic hydroxyl groups is 3. The van der Waals surface area contributed by atoms with Crippen LogP contribution in [0.4, 0.5) is 11.8 Å². The molecule has 3 heterocycles. The smallest absolute Gasteiger partial charge is 0.224 e. The molecule has 10 nitrogen and oxygen atoms in total. The van der Waals surface area contributed by atoms with Gasteiger partial charge in [0.2, 0.25) is 5.95 Å². The average Bonchev–Trinajstić information content (AvgIpc) is 3.41. The van der Waals surface area contributed by atoms with Gasteiger partial charge < -0.3 is 31.1 Å². The molecule has 1 saturated heterocycles. The second-order valence-electron chi connectivity index (χ2n) is 8.38. The van der Waals surface area contributed by atoms with E-state index in [0.717, 1.165) is 11.1 Å². The predicted octanol–water partition coefficient (Wildman–Crippen LogP) is 1.92. The highest BCUT2D eigenvalue weighted by Crippen LogP contribution is 2.33. The second kappa shape index (κ2) is 9.76. The van der Waals surface area contributed by atoms with Crippen LogP contribution < -0.4 is 11.1 Å². The van der Waals surface area contributed by atoms with Crippen molar-refractivity contribution in [3.8, 4) is 0 Å². The molecule has 0 radical (unpaired) electrons. The fourth-order valence-corrected chi connectivity index (χ4v) is 4.49. The summed E-state index contributed by atoms with van der Waals surface area (Å²) in [5, 5.41) is 34.0. The number of hydrogen-bond acceptors (Lipinski definition) is 9. The summed E-state index contributed by atoms with van der Waals surface area (Å²) in [4.78, 5) is 13.0. The average molecular weight is 497 g/mol. The van der Waals surface area contributed by atoms with Gasteiger partial charge in [-0.1, -0.05) is 54.1 Å². The summed E-state index contributed by atoms with van der Waals surface area (Å²) in [6, 6.07) is 17.7. The standard InChI is InChI=1S/C24H25ClN6O4/c25-15-8-6-14(7-9-15)16(13-4-2-1-3-5-13)10-27-21-18-22(30-24(26)29-21)31(12-28-18)23-20(34)19(33)17(11-32)35-23/h1-9,12,16-17,19-20,23,32-34H,10-11H2,(H3,26,27,29,30)/t16?,17-,19?,20?,23-/m1/s1. The molecular formula is C24H25ClN6O4. The summed E-state index contributed by atoms with van der Waals surface area (Å²) in [6.45, 7) is 0.0504. The Kier molecular flexibility index (Phi) is 6.54. The van der Waals surface area contributed by atoms with Crippen LogP contribution in [0.5, 0.6) is 0 Å². The molecule has 1 aliphatic rings. The highest BCUT2D eigenvalue weighted by molar-refractivity contribution is 6.30. The summed E-state index contributed by atoms with van der Waals surface area (Å²) in [7, 11) is 0. The minimum atomic E-state index is -1.27. The third kappa shape index (κ3) is 4.54. The first-order valence-electron chi connectivity index (χ1n) is 11.1. The minimum Gasteiger partial charge on any atom is -0.394 e. The maximum Gasteiger partial charge on any atom is 0.224 e. The third-order valence-corrected chi connectivity index (χ3v) is 6.43. The van der Waals surface area contributed by atoms with Crippen LogP contribution in [-0.2, 0) is 4.74 Å². The Morgan fingerprint density at radius 2 is 1.74 bits per heavy atom. The Bertz CT molecular complexity index is 1300. The molecule has 1 fully saturated rings. The van der Waals surface area contributed by atoms with Crippen molar-refractivity contribution in [2.24, 2.45) is 0 Å². The summed E-state index contributed by atoms with van der Waals surface area (Å²) in [5.74, 6) is 0.423. The fraction of sp³-hybridized carbons (Fsp3) is 0.292. The van der Waals surface area contributed by atoms with Crippen molar-refractivity contribution in [3.63, 3.8) is 0 Å². The molecule has 2 aromatic carbocycles. The number of hydrogen-bond donors (Lipinski definition) is 5. The number of imidazole rings is 1. The van der Waals surface area contributed by atoms with Gasteiger partial charge in [-0.2, -0.15) is 9.97 Å². The van der Waals surface area contributed by atoms with Gasteiger partial charge in [-0.15, -0.1) is 0 Å². The van der Waals surface area contributed by atoms with E-state index in [1.54, 1.807) is 0 Å². The van der Waals surface area contributed by atoms with Crippen LogP contribution in [0.25, 0.3) is 11.2 Å². The van der Waals surface area contributed by atoms with Crippen LogP contribution in [0.2, 0.25) is 5.02 Å². The second-order valence-corrected chi connectivity index (χ2v) is 8.82. The van der Waals surface area contributed by atoms with Crippen LogP contribution in [0.3, 0.4) is 0 Å². The Labute approximate surface area is 206 Å². The van der Waals surface area contributed by atoms with Crippen molar-refractivity contribution in [1.82, 2.24) is 19.5 Å². The van der Waals surface area contributed by atoms with E-state index in [-0.39, 0.29) is 11.9 Å². The van der Waals surface area contributed by atoms with E-state index in [1.165, 1.54) is 10.9 Å². The Morgan fingerprint density at radius 1 is 1.03 bits per heavy atom. The van der Waals surface area contributed by atoms with Crippen molar-refractivity contribution in [1.29, 1.82) is 0 Å². The number of nitrogens with two attached hydrogens (primary N) is 1. The zero-order chi connectivity index (χ0) is 24.5. The highest BCUT2D eigenvalue weighted by Gasteiger charge is 2.44. The van der Waals surface area contributed by atoms with Crippen molar-refractivity contribution in [2.75, 3.05) is 24.2 Å². The molecule has 35 heavy (non-hydrogen) atoms. The normalized spacial score (nSPS) is 23.0. The van der Waals surface area contributed by atoms with Crippen LogP contribution in [-0.4, -0.2) is 66.3 Å². The van der Waals surface area contributed by atoms with E-state index in [0.29, 0.717) is 28.5 Å².